The second kappa shape index (κ2) is 5.34. The Balaban J connectivity index is 2.08. The Morgan fingerprint density at radius 3 is 2.11 bits per heavy atom. The van der Waals surface area contributed by atoms with Crippen LogP contribution < -0.4 is 4.74 Å². The van der Waals surface area contributed by atoms with E-state index in [2.05, 4.69) is 45.0 Å². The molecule has 1 aliphatic carbocycles. The van der Waals surface area contributed by atoms with Crippen molar-refractivity contribution in [3.05, 3.63) is 29.8 Å². The van der Waals surface area contributed by atoms with E-state index in [4.69, 9.17) is 4.74 Å². The lowest BCUT2D eigenvalue weighted by molar-refractivity contribution is 0.204. The maximum Gasteiger partial charge on any atom is 0.118 e. The summed E-state index contributed by atoms with van der Waals surface area (Å²) in [5.74, 6) is 2.72. The van der Waals surface area contributed by atoms with Crippen molar-refractivity contribution in [2.75, 3.05) is 7.11 Å². The van der Waals surface area contributed by atoms with E-state index in [1.54, 1.807) is 7.11 Å². The Morgan fingerprint density at radius 2 is 1.67 bits per heavy atom. The Kier molecular flexibility index (Phi) is 3.99. The molecule has 0 amide bonds. The number of benzene rings is 1. The van der Waals surface area contributed by atoms with Crippen LogP contribution in [0.5, 0.6) is 5.75 Å². The van der Waals surface area contributed by atoms with Gasteiger partial charge in [-0.1, -0.05) is 32.9 Å². The summed E-state index contributed by atoms with van der Waals surface area (Å²) < 4.78 is 5.24. The van der Waals surface area contributed by atoms with Gasteiger partial charge in [0, 0.05) is 0 Å². The zero-order valence-electron chi connectivity index (χ0n) is 12.2. The van der Waals surface area contributed by atoms with Gasteiger partial charge in [0.1, 0.15) is 5.75 Å². The molecule has 100 valence electrons. The van der Waals surface area contributed by atoms with Crippen LogP contribution in [0.3, 0.4) is 0 Å². The third kappa shape index (κ3) is 2.71. The first-order valence-electron chi connectivity index (χ1n) is 7.20. The molecule has 0 bridgehead atoms. The van der Waals surface area contributed by atoms with E-state index >= 15 is 0 Å². The summed E-state index contributed by atoms with van der Waals surface area (Å²) in [5.41, 5.74) is 1.85. The molecule has 1 aromatic carbocycles. The van der Waals surface area contributed by atoms with Crippen molar-refractivity contribution in [3.63, 3.8) is 0 Å². The van der Waals surface area contributed by atoms with Crippen LogP contribution in [-0.2, 0) is 5.41 Å². The number of methoxy groups -OCH3 is 1. The fraction of sp³-hybridized carbons (Fsp3) is 0.647. The first-order valence-corrected chi connectivity index (χ1v) is 7.20. The van der Waals surface area contributed by atoms with Gasteiger partial charge in [-0.3, -0.25) is 0 Å². The van der Waals surface area contributed by atoms with E-state index in [9.17, 15) is 0 Å². The maximum absolute atomic E-state index is 5.24. The van der Waals surface area contributed by atoms with E-state index in [-0.39, 0.29) is 0 Å². The Hall–Kier alpha value is -0.980. The normalized spacial score (nSPS) is 28.4. The topological polar surface area (TPSA) is 9.23 Å². The molecule has 1 fully saturated rings. The highest BCUT2D eigenvalue weighted by Crippen LogP contribution is 2.43. The molecule has 0 radical (unpaired) electrons. The first-order chi connectivity index (χ1) is 8.55. The molecule has 0 saturated heterocycles. The molecule has 0 unspecified atom stereocenters. The third-order valence-electron chi connectivity index (χ3n) is 4.86. The van der Waals surface area contributed by atoms with Crippen LogP contribution in [-0.4, -0.2) is 7.11 Å². The molecular formula is C17H26O. The highest BCUT2D eigenvalue weighted by atomic mass is 16.5. The minimum Gasteiger partial charge on any atom is -0.497 e. The summed E-state index contributed by atoms with van der Waals surface area (Å²) in [6, 6.07) is 8.67. The molecule has 0 aromatic heterocycles. The largest absolute Gasteiger partial charge is 0.497 e. The maximum atomic E-state index is 5.24. The van der Waals surface area contributed by atoms with Crippen molar-refractivity contribution in [3.8, 4) is 5.75 Å². The van der Waals surface area contributed by atoms with E-state index in [1.807, 2.05) is 0 Å². The highest BCUT2D eigenvalue weighted by molar-refractivity contribution is 5.32. The van der Waals surface area contributed by atoms with Gasteiger partial charge in [0.05, 0.1) is 7.11 Å². The van der Waals surface area contributed by atoms with Crippen molar-refractivity contribution >= 4 is 0 Å². The molecule has 1 aliphatic rings. The minimum absolute atomic E-state index is 0.373. The number of ether oxygens (including phenoxy) is 1. The molecular weight excluding hydrogens is 220 g/mol. The zero-order valence-corrected chi connectivity index (χ0v) is 12.2. The summed E-state index contributed by atoms with van der Waals surface area (Å²) in [5, 5.41) is 0. The van der Waals surface area contributed by atoms with Crippen LogP contribution in [0, 0.1) is 11.8 Å². The van der Waals surface area contributed by atoms with E-state index in [0.29, 0.717) is 5.41 Å². The van der Waals surface area contributed by atoms with Crippen LogP contribution in [0.2, 0.25) is 0 Å². The van der Waals surface area contributed by atoms with Gasteiger partial charge >= 0.3 is 0 Å². The Morgan fingerprint density at radius 1 is 1.11 bits per heavy atom. The van der Waals surface area contributed by atoms with Gasteiger partial charge < -0.3 is 4.74 Å². The molecule has 0 spiro atoms. The highest BCUT2D eigenvalue weighted by Gasteiger charge is 2.33. The summed E-state index contributed by atoms with van der Waals surface area (Å²) >= 11 is 0. The lowest BCUT2D eigenvalue weighted by Gasteiger charge is -2.39. The summed E-state index contributed by atoms with van der Waals surface area (Å²) in [6.07, 6.45) is 5.39. The average molecular weight is 246 g/mol. The van der Waals surface area contributed by atoms with Crippen LogP contribution in [0.1, 0.15) is 52.0 Å². The molecule has 0 aliphatic heterocycles. The Bertz CT molecular complexity index is 369. The Labute approximate surface area is 112 Å². The molecule has 0 atom stereocenters. The van der Waals surface area contributed by atoms with Gasteiger partial charge in [-0.2, -0.15) is 0 Å². The molecule has 1 aromatic rings. The van der Waals surface area contributed by atoms with E-state index < -0.39 is 0 Å². The van der Waals surface area contributed by atoms with Gasteiger partial charge in [0.15, 0.2) is 0 Å². The number of hydrogen-bond acceptors (Lipinski definition) is 1. The second-order valence-electron chi connectivity index (χ2n) is 6.37. The van der Waals surface area contributed by atoms with Crippen molar-refractivity contribution in [2.45, 2.75) is 51.9 Å². The lowest BCUT2D eigenvalue weighted by atomic mass is 9.66. The fourth-order valence-electron chi connectivity index (χ4n) is 3.23. The van der Waals surface area contributed by atoms with Crippen molar-refractivity contribution in [2.24, 2.45) is 11.8 Å². The molecule has 18 heavy (non-hydrogen) atoms. The minimum atomic E-state index is 0.373. The number of hydrogen-bond donors (Lipinski definition) is 0. The summed E-state index contributed by atoms with van der Waals surface area (Å²) in [7, 11) is 1.73. The third-order valence-corrected chi connectivity index (χ3v) is 4.86. The van der Waals surface area contributed by atoms with Gasteiger partial charge in [0.2, 0.25) is 0 Å². The molecule has 0 N–H and O–H groups in total. The first kappa shape index (κ1) is 13.5. The predicted octanol–water partition coefficient (Wildman–Crippen LogP) is 4.80. The van der Waals surface area contributed by atoms with Crippen molar-refractivity contribution < 1.29 is 4.74 Å². The smallest absolute Gasteiger partial charge is 0.118 e. The van der Waals surface area contributed by atoms with Crippen LogP contribution >= 0.6 is 0 Å². The molecule has 0 heterocycles. The molecule has 2 rings (SSSR count). The molecule has 1 nitrogen and oxygen atoms in total. The number of rotatable bonds is 3. The SMILES string of the molecule is COc1ccc(C2(C)CCC(C(C)C)CC2)cc1. The summed E-state index contributed by atoms with van der Waals surface area (Å²) in [6.45, 7) is 7.15. The zero-order chi connectivity index (χ0) is 13.2. The quantitative estimate of drug-likeness (QED) is 0.744. The molecule has 1 saturated carbocycles. The second-order valence-corrected chi connectivity index (χ2v) is 6.37. The van der Waals surface area contributed by atoms with Crippen LogP contribution in [0.25, 0.3) is 0 Å². The fourth-order valence-corrected chi connectivity index (χ4v) is 3.23. The van der Waals surface area contributed by atoms with E-state index in [1.165, 1.54) is 31.2 Å². The molecule has 1 heteroatoms. The average Bonchev–Trinajstić information content (AvgIpc) is 2.39. The van der Waals surface area contributed by atoms with Crippen molar-refractivity contribution in [1.82, 2.24) is 0 Å². The van der Waals surface area contributed by atoms with Crippen LogP contribution in [0.4, 0.5) is 0 Å². The van der Waals surface area contributed by atoms with E-state index in [0.717, 1.165) is 17.6 Å². The standard InChI is InChI=1S/C17H26O/c1-13(2)14-9-11-17(3,12-10-14)15-5-7-16(18-4)8-6-15/h5-8,13-14H,9-12H2,1-4H3. The van der Waals surface area contributed by atoms with Crippen LogP contribution in [0.15, 0.2) is 24.3 Å². The van der Waals surface area contributed by atoms with Gasteiger partial charge in [-0.05, 0) is 60.6 Å². The predicted molar refractivity (Wildman–Crippen MR) is 77.1 cm³/mol. The van der Waals surface area contributed by atoms with Gasteiger partial charge in [0.25, 0.3) is 0 Å². The summed E-state index contributed by atoms with van der Waals surface area (Å²) in [4.78, 5) is 0. The lowest BCUT2D eigenvalue weighted by Crippen LogP contribution is -2.30. The van der Waals surface area contributed by atoms with Crippen molar-refractivity contribution in [1.29, 1.82) is 0 Å². The van der Waals surface area contributed by atoms with Gasteiger partial charge in [-0.25, -0.2) is 0 Å². The monoisotopic (exact) mass is 246 g/mol. The van der Waals surface area contributed by atoms with Gasteiger partial charge in [-0.15, -0.1) is 0 Å².